The maximum Gasteiger partial charge on any atom is 0.303 e. The number of aliphatic carboxylic acids is 1. The molecule has 0 radical (unpaired) electrons. The lowest BCUT2D eigenvalue weighted by Crippen LogP contribution is -2.01. The number of hydrogen-bond donors (Lipinski definition) is 2. The molecule has 1 heterocycles. The Bertz CT molecular complexity index is 403. The van der Waals surface area contributed by atoms with Crippen molar-refractivity contribution in [1.29, 1.82) is 0 Å². The van der Waals surface area contributed by atoms with Crippen molar-refractivity contribution in [3.63, 3.8) is 0 Å². The lowest BCUT2D eigenvalue weighted by Gasteiger charge is -2.06. The Morgan fingerprint density at radius 2 is 2.27 bits per heavy atom. The summed E-state index contributed by atoms with van der Waals surface area (Å²) in [5.41, 5.74) is 7.08. The highest BCUT2D eigenvalue weighted by molar-refractivity contribution is 5.70. The minimum absolute atomic E-state index is 0.0594. The number of carboxylic acids is 1. The molecule has 80 valence electrons. The van der Waals surface area contributed by atoms with Gasteiger partial charge in [-0.15, -0.1) is 0 Å². The predicted molar refractivity (Wildman–Crippen MR) is 52.9 cm³/mol. The van der Waals surface area contributed by atoms with E-state index in [-0.39, 0.29) is 13.2 Å². The number of fused-ring (bicyclic) bond motifs is 1. The minimum Gasteiger partial charge on any atom is -0.481 e. The predicted octanol–water partition coefficient (Wildman–Crippen LogP) is 1.01. The Morgan fingerprint density at radius 3 is 3.00 bits per heavy atom. The van der Waals surface area contributed by atoms with Gasteiger partial charge in [0.05, 0.1) is 5.69 Å². The third-order valence-corrected chi connectivity index (χ3v) is 2.28. The monoisotopic (exact) mass is 209 g/mol. The number of ether oxygens (including phenoxy) is 2. The molecule has 15 heavy (non-hydrogen) atoms. The van der Waals surface area contributed by atoms with Crippen molar-refractivity contribution < 1.29 is 19.4 Å². The van der Waals surface area contributed by atoms with Gasteiger partial charge in [-0.25, -0.2) is 0 Å². The number of carbonyl (C=O) groups is 1. The van der Waals surface area contributed by atoms with Gasteiger partial charge in [0.1, 0.15) is 0 Å². The fraction of sp³-hybridized carbons (Fsp3) is 0.300. The van der Waals surface area contributed by atoms with E-state index in [1.165, 1.54) is 0 Å². The summed E-state index contributed by atoms with van der Waals surface area (Å²) in [4.78, 5) is 10.4. The molecule has 0 saturated heterocycles. The summed E-state index contributed by atoms with van der Waals surface area (Å²) in [6.45, 7) is 0.169. The van der Waals surface area contributed by atoms with Crippen molar-refractivity contribution >= 4 is 11.7 Å². The SMILES string of the molecule is Nc1c(CCC(=O)O)ccc2c1OCO2. The molecule has 0 amide bonds. The summed E-state index contributed by atoms with van der Waals surface area (Å²) in [5.74, 6) is 0.302. The maximum atomic E-state index is 10.4. The number of carboxylic acid groups (broad SMARTS) is 1. The largest absolute Gasteiger partial charge is 0.481 e. The second kappa shape index (κ2) is 3.68. The van der Waals surface area contributed by atoms with Crippen molar-refractivity contribution in [2.24, 2.45) is 0 Å². The molecule has 0 aliphatic carbocycles. The molecule has 3 N–H and O–H groups in total. The normalized spacial score (nSPS) is 12.8. The molecule has 1 aliphatic heterocycles. The van der Waals surface area contributed by atoms with Crippen LogP contribution in [0.2, 0.25) is 0 Å². The molecule has 0 saturated carbocycles. The fourth-order valence-corrected chi connectivity index (χ4v) is 1.49. The number of aryl methyl sites for hydroxylation is 1. The quantitative estimate of drug-likeness (QED) is 0.726. The van der Waals surface area contributed by atoms with Crippen LogP contribution in [0.4, 0.5) is 5.69 Å². The van der Waals surface area contributed by atoms with Crippen LogP contribution < -0.4 is 15.2 Å². The Morgan fingerprint density at radius 1 is 1.47 bits per heavy atom. The van der Waals surface area contributed by atoms with Gasteiger partial charge in [0.2, 0.25) is 6.79 Å². The number of hydrogen-bond acceptors (Lipinski definition) is 4. The molecule has 0 aromatic heterocycles. The molecular formula is C10H11NO4. The smallest absolute Gasteiger partial charge is 0.303 e. The van der Waals surface area contributed by atoms with E-state index in [0.29, 0.717) is 23.6 Å². The maximum absolute atomic E-state index is 10.4. The van der Waals surface area contributed by atoms with Crippen LogP contribution in [0, 0.1) is 0 Å². The minimum atomic E-state index is -0.841. The zero-order chi connectivity index (χ0) is 10.8. The van der Waals surface area contributed by atoms with Crippen molar-refractivity contribution in [3.8, 4) is 11.5 Å². The molecule has 0 unspecified atom stereocenters. The lowest BCUT2D eigenvalue weighted by molar-refractivity contribution is -0.136. The second-order valence-electron chi connectivity index (χ2n) is 3.27. The van der Waals surface area contributed by atoms with Gasteiger partial charge in [0.25, 0.3) is 0 Å². The van der Waals surface area contributed by atoms with Gasteiger partial charge in [0, 0.05) is 6.42 Å². The number of rotatable bonds is 3. The molecule has 0 spiro atoms. The van der Waals surface area contributed by atoms with Crippen molar-refractivity contribution in [3.05, 3.63) is 17.7 Å². The molecule has 0 atom stereocenters. The zero-order valence-corrected chi connectivity index (χ0v) is 8.03. The molecule has 1 aliphatic rings. The van der Waals surface area contributed by atoms with Crippen LogP contribution in [0.5, 0.6) is 11.5 Å². The van der Waals surface area contributed by atoms with Gasteiger partial charge in [-0.3, -0.25) is 4.79 Å². The number of nitrogen functional groups attached to an aromatic ring is 1. The van der Waals surface area contributed by atoms with E-state index < -0.39 is 5.97 Å². The Labute approximate surface area is 86.4 Å². The van der Waals surface area contributed by atoms with E-state index in [1.54, 1.807) is 12.1 Å². The molecule has 0 bridgehead atoms. The first-order chi connectivity index (χ1) is 7.18. The standard InChI is InChI=1S/C10H11NO4/c11-9-6(2-4-8(12)13)1-3-7-10(9)15-5-14-7/h1,3H,2,4-5,11H2,(H,12,13). The second-order valence-corrected chi connectivity index (χ2v) is 3.27. The van der Waals surface area contributed by atoms with E-state index in [0.717, 1.165) is 5.56 Å². The summed E-state index contributed by atoms with van der Waals surface area (Å²) in [6, 6.07) is 3.52. The van der Waals surface area contributed by atoms with Crippen LogP contribution in [0.1, 0.15) is 12.0 Å². The summed E-state index contributed by atoms with van der Waals surface area (Å²) in [5, 5.41) is 8.56. The third-order valence-electron chi connectivity index (χ3n) is 2.28. The Balaban J connectivity index is 2.22. The summed E-state index contributed by atoms with van der Waals surface area (Å²) < 4.78 is 10.3. The molecule has 5 nitrogen and oxygen atoms in total. The highest BCUT2D eigenvalue weighted by Gasteiger charge is 2.18. The van der Waals surface area contributed by atoms with Crippen molar-refractivity contribution in [1.82, 2.24) is 0 Å². The molecular weight excluding hydrogens is 198 g/mol. The van der Waals surface area contributed by atoms with Crippen LogP contribution in [0.15, 0.2) is 12.1 Å². The Kier molecular flexibility index (Phi) is 2.37. The topological polar surface area (TPSA) is 81.8 Å². The van der Waals surface area contributed by atoms with Crippen molar-refractivity contribution in [2.45, 2.75) is 12.8 Å². The number of benzene rings is 1. The first-order valence-corrected chi connectivity index (χ1v) is 4.57. The molecule has 2 rings (SSSR count). The highest BCUT2D eigenvalue weighted by atomic mass is 16.7. The molecule has 1 aromatic carbocycles. The summed E-state index contributed by atoms with van der Waals surface area (Å²) in [6.07, 6.45) is 0.460. The highest BCUT2D eigenvalue weighted by Crippen LogP contribution is 2.39. The van der Waals surface area contributed by atoms with Crippen LogP contribution in [0.25, 0.3) is 0 Å². The van der Waals surface area contributed by atoms with Crippen LogP contribution >= 0.6 is 0 Å². The molecule has 1 aromatic rings. The first kappa shape index (κ1) is 9.64. The number of anilines is 1. The molecule has 5 heteroatoms. The van der Waals surface area contributed by atoms with Gasteiger partial charge in [0.15, 0.2) is 11.5 Å². The fourth-order valence-electron chi connectivity index (χ4n) is 1.49. The van der Waals surface area contributed by atoms with Gasteiger partial charge in [-0.05, 0) is 18.1 Å². The Hall–Kier alpha value is -1.91. The molecule has 0 fully saturated rings. The van der Waals surface area contributed by atoms with Gasteiger partial charge in [-0.2, -0.15) is 0 Å². The van der Waals surface area contributed by atoms with Gasteiger partial charge in [-0.1, -0.05) is 6.07 Å². The zero-order valence-electron chi connectivity index (χ0n) is 8.03. The van der Waals surface area contributed by atoms with Crippen molar-refractivity contribution in [2.75, 3.05) is 12.5 Å². The van der Waals surface area contributed by atoms with Crippen LogP contribution in [0.3, 0.4) is 0 Å². The van der Waals surface area contributed by atoms with E-state index in [4.69, 9.17) is 20.3 Å². The average Bonchev–Trinajstić information content (AvgIpc) is 2.65. The van der Waals surface area contributed by atoms with E-state index in [2.05, 4.69) is 0 Å². The van der Waals surface area contributed by atoms with Gasteiger partial charge < -0.3 is 20.3 Å². The van der Waals surface area contributed by atoms with Crippen LogP contribution in [-0.2, 0) is 11.2 Å². The number of nitrogens with two attached hydrogens (primary N) is 1. The third kappa shape index (κ3) is 1.81. The van der Waals surface area contributed by atoms with E-state index >= 15 is 0 Å². The van der Waals surface area contributed by atoms with Gasteiger partial charge >= 0.3 is 5.97 Å². The average molecular weight is 209 g/mol. The summed E-state index contributed by atoms with van der Waals surface area (Å²) in [7, 11) is 0. The van der Waals surface area contributed by atoms with E-state index in [1.807, 2.05) is 0 Å². The first-order valence-electron chi connectivity index (χ1n) is 4.57. The summed E-state index contributed by atoms with van der Waals surface area (Å²) >= 11 is 0. The van der Waals surface area contributed by atoms with E-state index in [9.17, 15) is 4.79 Å². The van der Waals surface area contributed by atoms with Crippen LogP contribution in [-0.4, -0.2) is 17.9 Å². The lowest BCUT2D eigenvalue weighted by atomic mass is 10.1.